The number of hydrogen-bond acceptors (Lipinski definition) is 2. The van der Waals surface area contributed by atoms with E-state index in [1.54, 1.807) is 0 Å². The SMILES string of the molecule is [B]c1c([B])c([B])c(-c2ccc3c(-c4cccc5oc6ccccc6c45)c4cc(-c5c([B])c([B])c([B])c([B])c5[B])ccc4c(-c4ccc5c(c4)oc4ccccc45)c3c2)c([B])c1[B]. The molecule has 0 bridgehead atoms. The van der Waals surface area contributed by atoms with E-state index < -0.39 is 0 Å². The maximum atomic E-state index is 6.71. The predicted molar refractivity (Wildman–Crippen MR) is 272 cm³/mol. The molecule has 62 heavy (non-hydrogen) atoms. The molecule has 0 saturated carbocycles. The second-order valence-electron chi connectivity index (χ2n) is 15.7. The molecule has 9 aromatic carbocycles. The number of rotatable bonds is 4. The van der Waals surface area contributed by atoms with Crippen molar-refractivity contribution in [1.82, 2.24) is 0 Å². The largest absolute Gasteiger partial charge is 0.456 e. The van der Waals surface area contributed by atoms with Crippen LogP contribution in [0.2, 0.25) is 0 Å². The zero-order valence-electron chi connectivity index (χ0n) is 33.1. The van der Waals surface area contributed by atoms with Gasteiger partial charge in [0.25, 0.3) is 0 Å². The first-order valence-corrected chi connectivity index (χ1v) is 19.8. The molecule has 0 aliphatic carbocycles. The van der Waals surface area contributed by atoms with E-state index in [1.807, 2.05) is 60.7 Å². The first-order chi connectivity index (χ1) is 29.9. The Balaban J connectivity index is 1.34. The number of benzene rings is 9. The number of hydrogen-bond donors (Lipinski definition) is 0. The molecule has 11 rings (SSSR count). The average Bonchev–Trinajstić information content (AvgIpc) is 3.86. The van der Waals surface area contributed by atoms with E-state index in [0.29, 0.717) is 22.3 Å². The monoisotopic (exact) mass is 762 g/mol. The van der Waals surface area contributed by atoms with Gasteiger partial charge in [-0.2, -0.15) is 0 Å². The summed E-state index contributed by atoms with van der Waals surface area (Å²) in [4.78, 5) is 0. The molecule has 0 saturated heterocycles. The highest BCUT2D eigenvalue weighted by Gasteiger charge is 2.24. The molecule has 12 heteroatoms. The molecule has 2 nitrogen and oxygen atoms in total. The highest BCUT2D eigenvalue weighted by molar-refractivity contribution is 6.70. The summed E-state index contributed by atoms with van der Waals surface area (Å²) >= 11 is 0. The predicted octanol–water partition coefficient (Wildman–Crippen LogP) is 2.40. The van der Waals surface area contributed by atoms with Crippen LogP contribution < -0.4 is 54.6 Å². The lowest BCUT2D eigenvalue weighted by molar-refractivity contribution is 0.668. The molecule has 0 aliphatic rings. The Labute approximate surface area is 371 Å². The molecule has 0 spiro atoms. The van der Waals surface area contributed by atoms with Crippen LogP contribution in [-0.2, 0) is 0 Å². The van der Waals surface area contributed by atoms with Crippen LogP contribution in [0, 0.1) is 0 Å². The molecular formula is C50H20B10O2. The molecule has 0 unspecified atom stereocenters. The van der Waals surface area contributed by atoms with Crippen molar-refractivity contribution in [3.63, 3.8) is 0 Å². The molecule has 262 valence electrons. The standard InChI is InChI=1S/C50H20B10O2/c51-41-37(42(52)46(56)49(59)45(41)55)21-14-17-27-30(18-21)36(23-12-15-25-24-6-1-3-9-32(24)62-35(25)20-23)26-16-13-22(38-43(53)47(57)50(60)48(58)44(38)54)19-31(26)39(27)29-8-5-11-34-40(29)28-7-2-4-10-33(28)61-34/h1-20H. The van der Waals surface area contributed by atoms with E-state index in [2.05, 4.69) is 60.7 Å². The molecule has 11 aromatic rings. The third kappa shape index (κ3) is 5.51. The van der Waals surface area contributed by atoms with Gasteiger partial charge in [-0.25, -0.2) is 0 Å². The van der Waals surface area contributed by atoms with E-state index >= 15 is 0 Å². The summed E-state index contributed by atoms with van der Waals surface area (Å²) in [5, 5.41) is 7.50. The maximum absolute atomic E-state index is 6.71. The van der Waals surface area contributed by atoms with Gasteiger partial charge in [-0.05, 0) is 109 Å². The second kappa shape index (κ2) is 14.1. The van der Waals surface area contributed by atoms with Gasteiger partial charge >= 0.3 is 0 Å². The first kappa shape index (κ1) is 38.7. The Morgan fingerprint density at radius 1 is 0.258 bits per heavy atom. The lowest BCUT2D eigenvalue weighted by Gasteiger charge is -2.24. The lowest BCUT2D eigenvalue weighted by atomic mass is 9.59. The fourth-order valence-corrected chi connectivity index (χ4v) is 9.33. The van der Waals surface area contributed by atoms with Gasteiger partial charge in [0, 0.05) is 21.5 Å². The number of para-hydroxylation sites is 2. The summed E-state index contributed by atoms with van der Waals surface area (Å²) in [6, 6.07) is 40.6. The quantitative estimate of drug-likeness (QED) is 0.204. The highest BCUT2D eigenvalue weighted by Crippen LogP contribution is 2.49. The van der Waals surface area contributed by atoms with E-state index in [9.17, 15) is 0 Å². The van der Waals surface area contributed by atoms with E-state index in [0.717, 1.165) is 87.7 Å². The summed E-state index contributed by atoms with van der Waals surface area (Å²) in [6.45, 7) is 0. The maximum Gasteiger partial charge on any atom is 0.136 e. The Hall–Kier alpha value is -6.25. The van der Waals surface area contributed by atoms with Crippen molar-refractivity contribution < 1.29 is 8.83 Å². The minimum Gasteiger partial charge on any atom is -0.456 e. The summed E-state index contributed by atoms with van der Waals surface area (Å²) in [5.41, 5.74) is 10.9. The van der Waals surface area contributed by atoms with Crippen LogP contribution in [0.1, 0.15) is 0 Å². The first-order valence-electron chi connectivity index (χ1n) is 19.8. The third-order valence-corrected chi connectivity index (χ3v) is 12.4. The van der Waals surface area contributed by atoms with Crippen LogP contribution in [0.15, 0.2) is 130 Å². The van der Waals surface area contributed by atoms with Crippen molar-refractivity contribution in [2.75, 3.05) is 0 Å². The van der Waals surface area contributed by atoms with Crippen LogP contribution in [0.3, 0.4) is 0 Å². The summed E-state index contributed by atoms with van der Waals surface area (Å²) in [7, 11) is 65.1. The van der Waals surface area contributed by atoms with Gasteiger partial charge in [0.05, 0.1) is 0 Å². The molecule has 0 N–H and O–H groups in total. The zero-order valence-corrected chi connectivity index (χ0v) is 33.1. The average molecular weight is 761 g/mol. The molecule has 0 atom stereocenters. The minimum atomic E-state index is 0.139. The van der Waals surface area contributed by atoms with Gasteiger partial charge in [0.15, 0.2) is 0 Å². The van der Waals surface area contributed by atoms with Gasteiger partial charge in [-0.3, -0.25) is 0 Å². The summed E-state index contributed by atoms with van der Waals surface area (Å²) in [5.74, 6) is 0. The third-order valence-electron chi connectivity index (χ3n) is 12.4. The topological polar surface area (TPSA) is 26.3 Å². The zero-order chi connectivity index (χ0) is 42.9. The van der Waals surface area contributed by atoms with Crippen LogP contribution in [0.25, 0.3) is 110 Å². The van der Waals surface area contributed by atoms with Crippen molar-refractivity contribution in [2.45, 2.75) is 0 Å². The fraction of sp³-hybridized carbons (Fsp3) is 0. The molecule has 0 amide bonds. The van der Waals surface area contributed by atoms with Gasteiger partial charge in [0.1, 0.15) is 101 Å². The minimum absolute atomic E-state index is 0.139. The normalized spacial score (nSPS) is 11.9. The lowest BCUT2D eigenvalue weighted by Crippen LogP contribution is -2.55. The molecule has 0 aliphatic heterocycles. The molecule has 2 aromatic heterocycles. The Morgan fingerprint density at radius 2 is 0.661 bits per heavy atom. The van der Waals surface area contributed by atoms with Crippen molar-refractivity contribution in [1.29, 1.82) is 0 Å². The highest BCUT2D eigenvalue weighted by atomic mass is 16.3. The number of fused-ring (bicyclic) bond motifs is 8. The van der Waals surface area contributed by atoms with Crippen molar-refractivity contribution in [3.8, 4) is 44.5 Å². The van der Waals surface area contributed by atoms with Crippen molar-refractivity contribution in [2.24, 2.45) is 0 Å². The molecular weight excluding hydrogens is 741 g/mol. The van der Waals surface area contributed by atoms with Crippen molar-refractivity contribution in [3.05, 3.63) is 121 Å². The Kier molecular flexibility index (Phi) is 8.82. The van der Waals surface area contributed by atoms with E-state index in [-0.39, 0.29) is 54.6 Å². The Bertz CT molecular complexity index is 3710. The van der Waals surface area contributed by atoms with Crippen LogP contribution in [0.5, 0.6) is 0 Å². The van der Waals surface area contributed by atoms with Gasteiger partial charge < -0.3 is 8.83 Å². The van der Waals surface area contributed by atoms with E-state index in [4.69, 9.17) is 87.3 Å². The van der Waals surface area contributed by atoms with Gasteiger partial charge in [-0.15, -0.1) is 32.8 Å². The van der Waals surface area contributed by atoms with Gasteiger partial charge in [0.2, 0.25) is 0 Å². The van der Waals surface area contributed by atoms with Crippen molar-refractivity contribution >= 4 is 199 Å². The fourth-order valence-electron chi connectivity index (χ4n) is 9.33. The summed E-state index contributed by atoms with van der Waals surface area (Å²) < 4.78 is 12.9. The second-order valence-corrected chi connectivity index (χ2v) is 15.7. The summed E-state index contributed by atoms with van der Waals surface area (Å²) in [6.07, 6.45) is 0. The van der Waals surface area contributed by atoms with E-state index in [1.165, 1.54) is 0 Å². The van der Waals surface area contributed by atoms with Crippen LogP contribution >= 0.6 is 0 Å². The van der Waals surface area contributed by atoms with Crippen LogP contribution in [0.4, 0.5) is 0 Å². The molecule has 0 fully saturated rings. The smallest absolute Gasteiger partial charge is 0.136 e. The molecule has 2 heterocycles. The van der Waals surface area contributed by atoms with Gasteiger partial charge in [-0.1, -0.05) is 101 Å². The Morgan fingerprint density at radius 3 is 1.24 bits per heavy atom. The van der Waals surface area contributed by atoms with Crippen LogP contribution in [-0.4, -0.2) is 78.5 Å². The number of furan rings is 2. The molecule has 20 radical (unpaired) electrons.